The van der Waals surface area contributed by atoms with E-state index in [4.69, 9.17) is 10.9 Å². The van der Waals surface area contributed by atoms with Crippen LogP contribution in [0.3, 0.4) is 0 Å². The van der Waals surface area contributed by atoms with Crippen LogP contribution in [-0.4, -0.2) is 36.0 Å². The van der Waals surface area contributed by atoms with Crippen molar-refractivity contribution in [1.82, 2.24) is 4.57 Å². The van der Waals surface area contributed by atoms with E-state index in [1.54, 1.807) is 13.0 Å². The van der Waals surface area contributed by atoms with E-state index in [0.29, 0.717) is 5.69 Å². The average molecular weight is 273 g/mol. The molecule has 0 aliphatic carbocycles. The molecule has 0 aliphatic rings. The lowest BCUT2D eigenvalue weighted by Crippen LogP contribution is -2.32. The van der Waals surface area contributed by atoms with Crippen LogP contribution in [0.4, 0.5) is 0 Å². The van der Waals surface area contributed by atoms with Gasteiger partial charge in [0.15, 0.2) is 5.84 Å². The van der Waals surface area contributed by atoms with Crippen LogP contribution in [0, 0.1) is 6.92 Å². The maximum absolute atomic E-state index is 12.0. The normalized spacial score (nSPS) is 12.7. The van der Waals surface area contributed by atoms with E-state index in [2.05, 4.69) is 5.16 Å². The lowest BCUT2D eigenvalue weighted by molar-refractivity contribution is 0.318. The van der Waals surface area contributed by atoms with Crippen molar-refractivity contribution in [3.63, 3.8) is 0 Å². The second-order valence-electron chi connectivity index (χ2n) is 3.96. The van der Waals surface area contributed by atoms with Crippen LogP contribution in [-0.2, 0) is 16.4 Å². The van der Waals surface area contributed by atoms with E-state index in [1.807, 2.05) is 0 Å². The van der Waals surface area contributed by atoms with Gasteiger partial charge in [-0.1, -0.05) is 5.16 Å². The Bertz CT molecular complexity index is 631. The van der Waals surface area contributed by atoms with Crippen molar-refractivity contribution in [1.29, 1.82) is 0 Å². The number of rotatable bonds is 4. The summed E-state index contributed by atoms with van der Waals surface area (Å²) in [5.74, 6) is -0.444. The monoisotopic (exact) mass is 273 g/mol. The fourth-order valence-electron chi connectivity index (χ4n) is 1.45. The van der Waals surface area contributed by atoms with Gasteiger partial charge < -0.3 is 15.5 Å². The molecule has 1 aromatic heterocycles. The molecule has 0 fully saturated rings. The van der Waals surface area contributed by atoms with E-state index < -0.39 is 15.4 Å². The van der Waals surface area contributed by atoms with Crippen LogP contribution in [0.15, 0.2) is 22.1 Å². The summed E-state index contributed by atoms with van der Waals surface area (Å²) in [7, 11) is -3.17. The Morgan fingerprint density at radius 2 is 2.11 bits per heavy atom. The number of sulfone groups is 1. The Balaban J connectivity index is 3.24. The Morgan fingerprint density at radius 3 is 2.61 bits per heavy atom. The minimum atomic E-state index is -3.17. The number of pyridine rings is 1. The molecule has 0 saturated heterocycles. The summed E-state index contributed by atoms with van der Waals surface area (Å²) < 4.78 is 23.5. The second-order valence-corrected chi connectivity index (χ2v) is 6.22. The number of amidine groups is 1. The summed E-state index contributed by atoms with van der Waals surface area (Å²) in [6.45, 7) is 1.72. The van der Waals surface area contributed by atoms with Gasteiger partial charge in [0.05, 0.1) is 11.3 Å². The zero-order valence-corrected chi connectivity index (χ0v) is 10.9. The quantitative estimate of drug-likeness (QED) is 0.326. The van der Waals surface area contributed by atoms with Crippen LogP contribution in [0.2, 0.25) is 0 Å². The molecule has 0 unspecified atom stereocenters. The van der Waals surface area contributed by atoms with E-state index in [1.165, 1.54) is 10.6 Å². The molecule has 0 aliphatic heterocycles. The third-order valence-electron chi connectivity index (χ3n) is 2.46. The van der Waals surface area contributed by atoms with Gasteiger partial charge in [-0.25, -0.2) is 8.42 Å². The third-order valence-corrected chi connectivity index (χ3v) is 3.39. The van der Waals surface area contributed by atoms with E-state index in [9.17, 15) is 13.2 Å². The molecule has 7 nitrogen and oxygen atoms in total. The topological polar surface area (TPSA) is 115 Å². The molecule has 0 radical (unpaired) electrons. The van der Waals surface area contributed by atoms with Crippen LogP contribution in [0.25, 0.3) is 0 Å². The van der Waals surface area contributed by atoms with Crippen molar-refractivity contribution >= 4 is 15.7 Å². The fourth-order valence-corrected chi connectivity index (χ4v) is 1.97. The number of oxime groups is 1. The predicted octanol–water partition coefficient (Wildman–Crippen LogP) is -0.704. The molecule has 1 aromatic rings. The number of aromatic nitrogens is 1. The highest BCUT2D eigenvalue weighted by Gasteiger charge is 2.11. The lowest BCUT2D eigenvalue weighted by atomic mass is 10.2. The third kappa shape index (κ3) is 3.33. The molecule has 0 aromatic carbocycles. The Hall–Kier alpha value is -1.83. The molecule has 18 heavy (non-hydrogen) atoms. The van der Waals surface area contributed by atoms with E-state index in [0.717, 1.165) is 6.26 Å². The first-order chi connectivity index (χ1) is 8.26. The van der Waals surface area contributed by atoms with Crippen molar-refractivity contribution in [3.8, 4) is 0 Å². The van der Waals surface area contributed by atoms with Gasteiger partial charge >= 0.3 is 0 Å². The Labute approximate surface area is 104 Å². The van der Waals surface area contributed by atoms with Gasteiger partial charge in [-0.15, -0.1) is 0 Å². The summed E-state index contributed by atoms with van der Waals surface area (Å²) >= 11 is 0. The first kappa shape index (κ1) is 14.2. The predicted molar refractivity (Wildman–Crippen MR) is 67.7 cm³/mol. The molecule has 1 heterocycles. The lowest BCUT2D eigenvalue weighted by Gasteiger charge is -2.10. The molecule has 8 heteroatoms. The van der Waals surface area contributed by atoms with Crippen molar-refractivity contribution < 1.29 is 13.6 Å². The number of nitrogens with zero attached hydrogens (tertiary/aromatic N) is 2. The molecular weight excluding hydrogens is 258 g/mol. The second kappa shape index (κ2) is 5.21. The minimum absolute atomic E-state index is 0.0377. The van der Waals surface area contributed by atoms with Crippen molar-refractivity contribution in [3.05, 3.63) is 33.7 Å². The van der Waals surface area contributed by atoms with Gasteiger partial charge in [0, 0.05) is 18.5 Å². The van der Waals surface area contributed by atoms with Crippen LogP contribution in [0.1, 0.15) is 11.3 Å². The minimum Gasteiger partial charge on any atom is -0.409 e. The van der Waals surface area contributed by atoms with Crippen molar-refractivity contribution in [2.45, 2.75) is 13.5 Å². The van der Waals surface area contributed by atoms with Gasteiger partial charge in [-0.2, -0.15) is 0 Å². The largest absolute Gasteiger partial charge is 0.409 e. The van der Waals surface area contributed by atoms with Gasteiger partial charge in [0.1, 0.15) is 9.84 Å². The molecule has 0 spiro atoms. The molecule has 0 atom stereocenters. The number of nitrogens with two attached hydrogens (primary N) is 1. The zero-order chi connectivity index (χ0) is 13.9. The molecular formula is C10H15N3O4S. The van der Waals surface area contributed by atoms with E-state index >= 15 is 0 Å². The van der Waals surface area contributed by atoms with Crippen molar-refractivity contribution in [2.24, 2.45) is 10.9 Å². The SMILES string of the molecule is Cc1ccc(/C(N)=N/O)c(=O)n1CCS(C)(=O)=O. The highest BCUT2D eigenvalue weighted by molar-refractivity contribution is 7.90. The standard InChI is InChI=1S/C10H15N3O4S/c1-7-3-4-8(9(11)12-15)10(14)13(7)5-6-18(2,16)17/h3-4,15H,5-6H2,1-2H3,(H2,11,12). The van der Waals surface area contributed by atoms with Crippen LogP contribution >= 0.6 is 0 Å². The van der Waals surface area contributed by atoms with E-state index in [-0.39, 0.29) is 23.7 Å². The summed E-state index contributed by atoms with van der Waals surface area (Å²) in [4.78, 5) is 12.0. The Kier molecular flexibility index (Phi) is 4.12. The average Bonchev–Trinajstić information content (AvgIpc) is 2.26. The Morgan fingerprint density at radius 1 is 1.50 bits per heavy atom. The summed E-state index contributed by atoms with van der Waals surface area (Å²) in [6, 6.07) is 3.04. The van der Waals surface area contributed by atoms with Crippen molar-refractivity contribution in [2.75, 3.05) is 12.0 Å². The summed E-state index contributed by atoms with van der Waals surface area (Å²) in [5.41, 5.74) is 5.53. The molecule has 0 amide bonds. The first-order valence-electron chi connectivity index (χ1n) is 5.12. The maximum atomic E-state index is 12.0. The fraction of sp³-hybridized carbons (Fsp3) is 0.400. The van der Waals surface area contributed by atoms with Crippen LogP contribution < -0.4 is 11.3 Å². The molecule has 1 rings (SSSR count). The smallest absolute Gasteiger partial charge is 0.261 e. The van der Waals surface area contributed by atoms with Gasteiger partial charge in [-0.3, -0.25) is 4.79 Å². The molecule has 0 bridgehead atoms. The molecule has 100 valence electrons. The number of hydrogen-bond acceptors (Lipinski definition) is 5. The highest BCUT2D eigenvalue weighted by atomic mass is 32.2. The summed E-state index contributed by atoms with van der Waals surface area (Å²) in [5, 5.41) is 11.3. The number of aryl methyl sites for hydroxylation is 1. The highest BCUT2D eigenvalue weighted by Crippen LogP contribution is 1.99. The van der Waals surface area contributed by atoms with Gasteiger partial charge in [0.2, 0.25) is 0 Å². The first-order valence-corrected chi connectivity index (χ1v) is 7.18. The van der Waals surface area contributed by atoms with Crippen LogP contribution in [0.5, 0.6) is 0 Å². The maximum Gasteiger partial charge on any atom is 0.261 e. The number of hydrogen-bond donors (Lipinski definition) is 2. The molecule has 0 saturated carbocycles. The summed E-state index contributed by atoms with van der Waals surface area (Å²) in [6.07, 6.45) is 1.10. The van der Waals surface area contributed by atoms with Gasteiger partial charge in [0.25, 0.3) is 5.56 Å². The van der Waals surface area contributed by atoms with Gasteiger partial charge in [-0.05, 0) is 19.1 Å². The zero-order valence-electron chi connectivity index (χ0n) is 10.1. The molecule has 3 N–H and O–H groups in total.